The number of carbonyl (C=O) groups is 1. The summed E-state index contributed by atoms with van der Waals surface area (Å²) < 4.78 is 4.79. The maximum absolute atomic E-state index is 11.3. The summed E-state index contributed by atoms with van der Waals surface area (Å²) >= 11 is 5.76. The molecule has 0 aliphatic rings. The van der Waals surface area contributed by atoms with Crippen LogP contribution in [-0.2, 0) is 9.53 Å². The summed E-state index contributed by atoms with van der Waals surface area (Å²) in [7, 11) is 0. The molecule has 0 fully saturated rings. The van der Waals surface area contributed by atoms with Gasteiger partial charge in [0.2, 0.25) is 0 Å². The van der Waals surface area contributed by atoms with Crippen molar-refractivity contribution in [2.75, 3.05) is 6.61 Å². The van der Waals surface area contributed by atoms with E-state index in [9.17, 15) is 4.79 Å². The van der Waals surface area contributed by atoms with Crippen LogP contribution in [0.15, 0.2) is 24.3 Å². The molecule has 14 heavy (non-hydrogen) atoms. The molecule has 1 aromatic carbocycles. The molecule has 0 aliphatic carbocycles. The molecule has 0 amide bonds. The lowest BCUT2D eigenvalue weighted by atomic mass is 10.1. The molecule has 0 spiro atoms. The number of ether oxygens (including phenoxy) is 1. The van der Waals surface area contributed by atoms with Crippen molar-refractivity contribution in [2.24, 2.45) is 5.73 Å². The third kappa shape index (κ3) is 2.72. The number of halogens is 1. The molecule has 0 unspecified atom stereocenters. The lowest BCUT2D eigenvalue weighted by Gasteiger charge is -2.10. The first-order valence-corrected chi connectivity index (χ1v) is 4.70. The van der Waals surface area contributed by atoms with E-state index in [4.69, 9.17) is 22.1 Å². The highest BCUT2D eigenvalue weighted by Crippen LogP contribution is 2.16. The van der Waals surface area contributed by atoms with E-state index >= 15 is 0 Å². The van der Waals surface area contributed by atoms with Crippen LogP contribution in [0.25, 0.3) is 0 Å². The van der Waals surface area contributed by atoms with Crippen LogP contribution in [0.4, 0.5) is 0 Å². The summed E-state index contributed by atoms with van der Waals surface area (Å²) in [6.45, 7) is 2.07. The van der Waals surface area contributed by atoms with Crippen molar-refractivity contribution in [3.63, 3.8) is 0 Å². The molecule has 0 aliphatic heterocycles. The average Bonchev–Trinajstić information content (AvgIpc) is 2.17. The number of hydrogen-bond donors (Lipinski definition) is 1. The molecule has 0 heterocycles. The van der Waals surface area contributed by atoms with Gasteiger partial charge in [-0.1, -0.05) is 23.7 Å². The van der Waals surface area contributed by atoms with Crippen LogP contribution < -0.4 is 5.73 Å². The van der Waals surface area contributed by atoms with E-state index in [1.807, 2.05) is 0 Å². The highest BCUT2D eigenvalue weighted by atomic mass is 35.5. The summed E-state index contributed by atoms with van der Waals surface area (Å²) in [6, 6.07) is 6.12. The SMILES string of the molecule is CCOC(=O)[C@@H](N)c1cccc(Cl)c1. The van der Waals surface area contributed by atoms with Gasteiger partial charge < -0.3 is 10.5 Å². The Morgan fingerprint density at radius 1 is 1.64 bits per heavy atom. The van der Waals surface area contributed by atoms with E-state index in [-0.39, 0.29) is 0 Å². The van der Waals surface area contributed by atoms with Crippen LogP contribution in [0.1, 0.15) is 18.5 Å². The summed E-state index contributed by atoms with van der Waals surface area (Å²) in [4.78, 5) is 11.3. The number of benzene rings is 1. The minimum absolute atomic E-state index is 0.326. The Balaban J connectivity index is 2.78. The van der Waals surface area contributed by atoms with Crippen LogP contribution in [0, 0.1) is 0 Å². The molecule has 0 bridgehead atoms. The van der Waals surface area contributed by atoms with E-state index in [0.717, 1.165) is 0 Å². The zero-order valence-electron chi connectivity index (χ0n) is 7.87. The van der Waals surface area contributed by atoms with E-state index in [1.165, 1.54) is 0 Å². The molecule has 0 radical (unpaired) electrons. The Hall–Kier alpha value is -1.06. The fourth-order valence-electron chi connectivity index (χ4n) is 1.07. The van der Waals surface area contributed by atoms with Crippen molar-refractivity contribution in [3.05, 3.63) is 34.9 Å². The number of esters is 1. The topological polar surface area (TPSA) is 52.3 Å². The third-order valence-electron chi connectivity index (χ3n) is 1.75. The smallest absolute Gasteiger partial charge is 0.327 e. The molecule has 2 N–H and O–H groups in total. The van der Waals surface area contributed by atoms with Crippen molar-refractivity contribution in [3.8, 4) is 0 Å². The Morgan fingerprint density at radius 3 is 2.93 bits per heavy atom. The Labute approximate surface area is 87.8 Å². The van der Waals surface area contributed by atoms with E-state index in [2.05, 4.69) is 0 Å². The Kier molecular flexibility index (Phi) is 3.92. The largest absolute Gasteiger partial charge is 0.465 e. The second-order valence-electron chi connectivity index (χ2n) is 2.78. The predicted molar refractivity (Wildman–Crippen MR) is 55.0 cm³/mol. The predicted octanol–water partition coefficient (Wildman–Crippen LogP) is 1.90. The summed E-state index contributed by atoms with van der Waals surface area (Å²) in [5.41, 5.74) is 6.32. The van der Waals surface area contributed by atoms with Crippen molar-refractivity contribution in [1.82, 2.24) is 0 Å². The van der Waals surface area contributed by atoms with Crippen molar-refractivity contribution < 1.29 is 9.53 Å². The lowest BCUT2D eigenvalue weighted by molar-refractivity contribution is -0.144. The zero-order chi connectivity index (χ0) is 10.6. The van der Waals surface area contributed by atoms with Gasteiger partial charge in [-0.05, 0) is 24.6 Å². The quantitative estimate of drug-likeness (QED) is 0.781. The molecule has 0 saturated heterocycles. The number of carbonyl (C=O) groups excluding carboxylic acids is 1. The lowest BCUT2D eigenvalue weighted by Crippen LogP contribution is -2.23. The first-order valence-electron chi connectivity index (χ1n) is 4.33. The molecular weight excluding hydrogens is 202 g/mol. The standard InChI is InChI=1S/C10H12ClNO2/c1-2-14-10(13)9(12)7-4-3-5-8(11)6-7/h3-6,9H,2,12H2,1H3/t9-/m0/s1. The monoisotopic (exact) mass is 213 g/mol. The van der Waals surface area contributed by atoms with Crippen LogP contribution in [0.3, 0.4) is 0 Å². The molecular formula is C10H12ClNO2. The minimum atomic E-state index is -0.756. The van der Waals surface area contributed by atoms with Gasteiger partial charge in [0.25, 0.3) is 0 Å². The van der Waals surface area contributed by atoms with Crippen LogP contribution >= 0.6 is 11.6 Å². The maximum Gasteiger partial charge on any atom is 0.327 e. The Morgan fingerprint density at radius 2 is 2.36 bits per heavy atom. The van der Waals surface area contributed by atoms with Gasteiger partial charge >= 0.3 is 5.97 Å². The molecule has 0 aromatic heterocycles. The second-order valence-corrected chi connectivity index (χ2v) is 3.22. The highest BCUT2D eigenvalue weighted by molar-refractivity contribution is 6.30. The first-order chi connectivity index (χ1) is 6.65. The number of rotatable bonds is 3. The van der Waals surface area contributed by atoms with Gasteiger partial charge in [0.1, 0.15) is 6.04 Å². The van der Waals surface area contributed by atoms with Gasteiger partial charge in [0.05, 0.1) is 6.61 Å². The minimum Gasteiger partial charge on any atom is -0.465 e. The second kappa shape index (κ2) is 4.98. The van der Waals surface area contributed by atoms with Gasteiger partial charge in [0.15, 0.2) is 0 Å². The highest BCUT2D eigenvalue weighted by Gasteiger charge is 2.16. The molecule has 3 nitrogen and oxygen atoms in total. The molecule has 1 rings (SSSR count). The fraction of sp³-hybridized carbons (Fsp3) is 0.300. The third-order valence-corrected chi connectivity index (χ3v) is 1.98. The fourth-order valence-corrected chi connectivity index (χ4v) is 1.27. The van der Waals surface area contributed by atoms with Crippen molar-refractivity contribution in [2.45, 2.75) is 13.0 Å². The zero-order valence-corrected chi connectivity index (χ0v) is 8.62. The summed E-state index contributed by atoms with van der Waals surface area (Å²) in [5, 5.41) is 0.558. The maximum atomic E-state index is 11.3. The van der Waals surface area contributed by atoms with E-state index < -0.39 is 12.0 Å². The number of nitrogens with two attached hydrogens (primary N) is 1. The first kappa shape index (κ1) is 11.0. The van der Waals surface area contributed by atoms with Crippen molar-refractivity contribution >= 4 is 17.6 Å². The van der Waals surface area contributed by atoms with Gasteiger partial charge in [-0.25, -0.2) is 4.79 Å². The molecule has 76 valence electrons. The normalized spacial score (nSPS) is 12.2. The summed E-state index contributed by atoms with van der Waals surface area (Å²) in [5.74, 6) is -0.435. The van der Waals surface area contributed by atoms with Crippen molar-refractivity contribution in [1.29, 1.82) is 0 Å². The summed E-state index contributed by atoms with van der Waals surface area (Å²) in [6.07, 6.45) is 0. The average molecular weight is 214 g/mol. The van der Waals surface area contributed by atoms with Gasteiger partial charge in [-0.2, -0.15) is 0 Å². The Bertz CT molecular complexity index is 328. The molecule has 4 heteroatoms. The van der Waals surface area contributed by atoms with E-state index in [1.54, 1.807) is 31.2 Å². The van der Waals surface area contributed by atoms with Gasteiger partial charge in [-0.3, -0.25) is 0 Å². The van der Waals surface area contributed by atoms with E-state index in [0.29, 0.717) is 17.2 Å². The van der Waals surface area contributed by atoms with Crippen LogP contribution in [-0.4, -0.2) is 12.6 Å². The molecule has 1 aromatic rings. The molecule has 0 saturated carbocycles. The van der Waals surface area contributed by atoms with Crippen LogP contribution in [0.5, 0.6) is 0 Å². The van der Waals surface area contributed by atoms with Gasteiger partial charge in [-0.15, -0.1) is 0 Å². The molecule has 1 atom stereocenters. The van der Waals surface area contributed by atoms with Gasteiger partial charge in [0, 0.05) is 5.02 Å². The number of hydrogen-bond acceptors (Lipinski definition) is 3. The van der Waals surface area contributed by atoms with Crippen LogP contribution in [0.2, 0.25) is 5.02 Å².